The Morgan fingerprint density at radius 1 is 1.54 bits per heavy atom. The van der Waals surface area contributed by atoms with E-state index in [9.17, 15) is 14.3 Å². The van der Waals surface area contributed by atoms with E-state index in [1.807, 2.05) is 20.9 Å². The van der Waals surface area contributed by atoms with Gasteiger partial charge in [0.2, 0.25) is 0 Å². The lowest BCUT2D eigenvalue weighted by atomic mass is 9.78. The highest BCUT2D eigenvalue weighted by molar-refractivity contribution is 5.68. The fourth-order valence-electron chi connectivity index (χ4n) is 3.95. The van der Waals surface area contributed by atoms with Gasteiger partial charge in [-0.2, -0.15) is 0 Å². The van der Waals surface area contributed by atoms with Gasteiger partial charge < -0.3 is 15.2 Å². The number of carboxylic acid groups (broad SMARTS) is 1. The second kappa shape index (κ2) is 7.94. The molecule has 1 heterocycles. The monoisotopic (exact) mass is 338 g/mol. The van der Waals surface area contributed by atoms with Crippen molar-refractivity contribution in [1.82, 2.24) is 10.2 Å². The first-order chi connectivity index (χ1) is 11.5. The molecule has 2 N–H and O–H groups in total. The largest absolute Gasteiger partial charge is 0.465 e. The summed E-state index contributed by atoms with van der Waals surface area (Å²) in [7, 11) is 1.86. The Hall–Kier alpha value is -1.66. The molecule has 0 aromatic heterocycles. The predicted octanol–water partition coefficient (Wildman–Crippen LogP) is 3.12. The Labute approximate surface area is 142 Å². The number of carbonyl (C=O) groups is 1. The molecule has 1 saturated heterocycles. The summed E-state index contributed by atoms with van der Waals surface area (Å²) >= 11 is 0. The molecule has 1 aliphatic heterocycles. The fraction of sp³-hybridized carbons (Fsp3) is 0.611. The zero-order chi connectivity index (χ0) is 17.7. The Balaban J connectivity index is 2.57. The maximum atomic E-state index is 13.6. The van der Waals surface area contributed by atoms with Crippen LogP contribution in [0.5, 0.6) is 0 Å². The van der Waals surface area contributed by atoms with Crippen LogP contribution in [0, 0.1) is 12.7 Å². The molecule has 0 aliphatic carbocycles. The SMILES string of the molecule is CCO[C@@H](CCNC)[C@]1(c2ccc(F)cc2C)CCCN1C(=O)O. The Morgan fingerprint density at radius 3 is 2.88 bits per heavy atom. The van der Waals surface area contributed by atoms with Crippen LogP contribution in [-0.4, -0.2) is 48.9 Å². The van der Waals surface area contributed by atoms with Gasteiger partial charge in [0.15, 0.2) is 0 Å². The molecule has 0 unspecified atom stereocenters. The maximum absolute atomic E-state index is 13.6. The second-order valence-electron chi connectivity index (χ2n) is 6.26. The Morgan fingerprint density at radius 2 is 2.29 bits per heavy atom. The second-order valence-corrected chi connectivity index (χ2v) is 6.26. The van der Waals surface area contributed by atoms with Crippen LogP contribution in [0.15, 0.2) is 18.2 Å². The van der Waals surface area contributed by atoms with Crippen molar-refractivity contribution in [2.75, 3.05) is 26.7 Å². The van der Waals surface area contributed by atoms with Gasteiger partial charge in [-0.3, -0.25) is 4.90 Å². The summed E-state index contributed by atoms with van der Waals surface area (Å²) in [5.74, 6) is -0.311. The molecule has 1 aliphatic rings. The summed E-state index contributed by atoms with van der Waals surface area (Å²) < 4.78 is 19.6. The lowest BCUT2D eigenvalue weighted by molar-refractivity contribution is -0.0537. The number of nitrogens with zero attached hydrogens (tertiary/aromatic N) is 1. The normalized spacial score (nSPS) is 21.9. The first-order valence-electron chi connectivity index (χ1n) is 8.50. The Bertz CT molecular complexity index is 581. The summed E-state index contributed by atoms with van der Waals surface area (Å²) in [5.41, 5.74) is 0.840. The number of halogens is 1. The summed E-state index contributed by atoms with van der Waals surface area (Å²) in [6.07, 6.45) is 0.903. The molecule has 1 aromatic rings. The van der Waals surface area contributed by atoms with Crippen LogP contribution in [0.1, 0.15) is 37.3 Å². The van der Waals surface area contributed by atoms with Crippen molar-refractivity contribution in [1.29, 1.82) is 0 Å². The number of nitrogens with one attached hydrogen (secondary N) is 1. The minimum absolute atomic E-state index is 0.280. The topological polar surface area (TPSA) is 61.8 Å². The van der Waals surface area contributed by atoms with Crippen LogP contribution >= 0.6 is 0 Å². The number of hydrogen-bond donors (Lipinski definition) is 2. The molecule has 1 amide bonds. The van der Waals surface area contributed by atoms with Crippen LogP contribution < -0.4 is 5.32 Å². The number of benzene rings is 1. The van der Waals surface area contributed by atoms with Crippen LogP contribution in [0.4, 0.5) is 9.18 Å². The molecule has 0 saturated carbocycles. The van der Waals surface area contributed by atoms with Crippen molar-refractivity contribution in [2.24, 2.45) is 0 Å². The summed E-state index contributed by atoms with van der Waals surface area (Å²) in [4.78, 5) is 13.4. The van der Waals surface area contributed by atoms with Gasteiger partial charge in [-0.15, -0.1) is 0 Å². The highest BCUT2D eigenvalue weighted by atomic mass is 19.1. The number of hydrogen-bond acceptors (Lipinski definition) is 3. The third kappa shape index (κ3) is 3.39. The van der Waals surface area contributed by atoms with Crippen molar-refractivity contribution < 1.29 is 19.0 Å². The molecule has 24 heavy (non-hydrogen) atoms. The quantitative estimate of drug-likeness (QED) is 0.802. The minimum Gasteiger partial charge on any atom is -0.465 e. The fourth-order valence-corrected chi connectivity index (χ4v) is 3.95. The molecule has 0 bridgehead atoms. The minimum atomic E-state index is -0.953. The van der Waals surface area contributed by atoms with Crippen LogP contribution in [-0.2, 0) is 10.3 Å². The smallest absolute Gasteiger partial charge is 0.408 e. The van der Waals surface area contributed by atoms with Gasteiger partial charge in [-0.05, 0) is 70.0 Å². The molecular formula is C18H27FN2O3. The van der Waals surface area contributed by atoms with Crippen molar-refractivity contribution in [3.8, 4) is 0 Å². The van der Waals surface area contributed by atoms with E-state index in [-0.39, 0.29) is 11.9 Å². The molecular weight excluding hydrogens is 311 g/mol. The van der Waals surface area contributed by atoms with E-state index in [4.69, 9.17) is 4.74 Å². The summed E-state index contributed by atoms with van der Waals surface area (Å²) in [6, 6.07) is 4.59. The molecule has 5 nitrogen and oxygen atoms in total. The van der Waals surface area contributed by atoms with E-state index in [0.717, 1.165) is 24.1 Å². The van der Waals surface area contributed by atoms with E-state index < -0.39 is 11.6 Å². The van der Waals surface area contributed by atoms with E-state index in [0.29, 0.717) is 26.0 Å². The van der Waals surface area contributed by atoms with Gasteiger partial charge in [0.1, 0.15) is 5.82 Å². The van der Waals surface area contributed by atoms with Gasteiger partial charge in [-0.25, -0.2) is 9.18 Å². The molecule has 134 valence electrons. The third-order valence-corrected chi connectivity index (χ3v) is 4.86. The average Bonchev–Trinajstić information content (AvgIpc) is 2.97. The van der Waals surface area contributed by atoms with Crippen molar-refractivity contribution >= 4 is 6.09 Å². The summed E-state index contributed by atoms with van der Waals surface area (Å²) in [5, 5.41) is 12.9. The third-order valence-electron chi connectivity index (χ3n) is 4.86. The number of likely N-dealkylation sites (tertiary alicyclic amines) is 1. The van der Waals surface area contributed by atoms with Crippen molar-refractivity contribution in [3.05, 3.63) is 35.1 Å². The van der Waals surface area contributed by atoms with Gasteiger partial charge in [0, 0.05) is 13.2 Å². The van der Waals surface area contributed by atoms with Gasteiger partial charge in [-0.1, -0.05) is 6.07 Å². The highest BCUT2D eigenvalue weighted by Crippen LogP contribution is 2.45. The zero-order valence-corrected chi connectivity index (χ0v) is 14.6. The molecule has 1 aromatic carbocycles. The standard InChI is InChI=1S/C18H27FN2O3/c1-4-24-16(8-10-20-3)18(9-5-11-21(18)17(22)23)15-7-6-14(19)12-13(15)2/h6-7,12,16,20H,4-5,8-11H2,1-3H3,(H,22,23)/t16-,18+/m0/s1. The van der Waals surface area contributed by atoms with Crippen LogP contribution in [0.25, 0.3) is 0 Å². The lowest BCUT2D eigenvalue weighted by Crippen LogP contribution is -2.54. The summed E-state index contributed by atoms with van der Waals surface area (Å²) in [6.45, 7) is 5.44. The predicted molar refractivity (Wildman–Crippen MR) is 90.7 cm³/mol. The first kappa shape index (κ1) is 18.7. The molecule has 1 fully saturated rings. The first-order valence-corrected chi connectivity index (χ1v) is 8.50. The van der Waals surface area contributed by atoms with E-state index in [2.05, 4.69) is 5.32 Å². The number of ether oxygens (including phenoxy) is 1. The Kier molecular flexibility index (Phi) is 6.18. The number of aryl methyl sites for hydroxylation is 1. The number of rotatable bonds is 7. The van der Waals surface area contributed by atoms with Crippen LogP contribution in [0.2, 0.25) is 0 Å². The van der Waals surface area contributed by atoms with Crippen molar-refractivity contribution in [3.63, 3.8) is 0 Å². The molecule has 0 radical (unpaired) electrons. The van der Waals surface area contributed by atoms with Crippen molar-refractivity contribution in [2.45, 2.75) is 44.8 Å². The average molecular weight is 338 g/mol. The van der Waals surface area contributed by atoms with E-state index in [1.54, 1.807) is 6.07 Å². The number of amides is 1. The lowest BCUT2D eigenvalue weighted by Gasteiger charge is -2.44. The molecule has 2 rings (SSSR count). The van der Waals surface area contributed by atoms with E-state index >= 15 is 0 Å². The molecule has 6 heteroatoms. The molecule has 0 spiro atoms. The maximum Gasteiger partial charge on any atom is 0.408 e. The zero-order valence-electron chi connectivity index (χ0n) is 14.6. The van der Waals surface area contributed by atoms with Gasteiger partial charge in [0.05, 0.1) is 11.6 Å². The molecule has 2 atom stereocenters. The van der Waals surface area contributed by atoms with Gasteiger partial charge >= 0.3 is 6.09 Å². The van der Waals surface area contributed by atoms with E-state index in [1.165, 1.54) is 17.0 Å². The van der Waals surface area contributed by atoms with Gasteiger partial charge in [0.25, 0.3) is 0 Å². The van der Waals surface area contributed by atoms with Crippen LogP contribution in [0.3, 0.4) is 0 Å². The highest BCUT2D eigenvalue weighted by Gasteiger charge is 2.51.